The first-order valence-corrected chi connectivity index (χ1v) is 1.78. The molecular formula is C3H6LiNS. The van der Waals surface area contributed by atoms with Crippen molar-refractivity contribution in [3.63, 3.8) is 0 Å². The molecule has 0 aromatic carbocycles. The summed E-state index contributed by atoms with van der Waals surface area (Å²) in [6.07, 6.45) is 0. The molecule has 0 rings (SSSR count). The number of hydrogen-bond donors (Lipinski definition) is 0. The maximum Gasteiger partial charge on any atom is 1.00 e. The summed E-state index contributed by atoms with van der Waals surface area (Å²) in [6, 6.07) is 0. The topological polar surface area (TPSA) is 12.4 Å². The van der Waals surface area contributed by atoms with Gasteiger partial charge in [-0.25, -0.2) is 0 Å². The van der Waals surface area contributed by atoms with Gasteiger partial charge in [0.2, 0.25) is 0 Å². The van der Waals surface area contributed by atoms with Gasteiger partial charge < -0.3 is 17.6 Å². The maximum atomic E-state index is 4.53. The smallest absolute Gasteiger partial charge is 0.765 e. The normalized spacial score (nSPS) is 10.0. The molecule has 6 heavy (non-hydrogen) atoms. The summed E-state index contributed by atoms with van der Waals surface area (Å²) >= 11 is 4.53. The van der Waals surface area contributed by atoms with E-state index in [0.717, 1.165) is 0 Å². The summed E-state index contributed by atoms with van der Waals surface area (Å²) in [5.74, 6) is 0. The Morgan fingerprint density at radius 1 is 1.67 bits per heavy atom. The Bertz CT molecular complexity index is 48.8. The van der Waals surface area contributed by atoms with Crippen LogP contribution in [0.15, 0.2) is 4.99 Å². The summed E-state index contributed by atoms with van der Waals surface area (Å²) in [5.41, 5.74) is 0. The molecule has 0 aliphatic heterocycles. The van der Waals surface area contributed by atoms with Crippen molar-refractivity contribution in [2.45, 2.75) is 6.92 Å². The molecule has 1 nitrogen and oxygen atoms in total. The van der Waals surface area contributed by atoms with Gasteiger partial charge >= 0.3 is 18.9 Å². The van der Waals surface area contributed by atoms with Crippen LogP contribution in [0.5, 0.6) is 0 Å². The molecule has 0 heterocycles. The van der Waals surface area contributed by atoms with E-state index in [1.54, 1.807) is 14.0 Å². The fourth-order valence-corrected chi connectivity index (χ4v) is 0. The van der Waals surface area contributed by atoms with Gasteiger partial charge in [-0.1, -0.05) is 0 Å². The van der Waals surface area contributed by atoms with E-state index in [0.29, 0.717) is 5.04 Å². The van der Waals surface area contributed by atoms with E-state index < -0.39 is 0 Å². The molecule has 0 amide bonds. The second-order valence-electron chi connectivity index (χ2n) is 0.743. The molecule has 0 N–H and O–H groups in total. The van der Waals surface area contributed by atoms with Gasteiger partial charge in [-0.05, 0) is 6.92 Å². The predicted molar refractivity (Wildman–Crippen MR) is 26.4 cm³/mol. The van der Waals surface area contributed by atoms with Gasteiger partial charge in [0.25, 0.3) is 0 Å². The van der Waals surface area contributed by atoms with Crippen LogP contribution >= 0.6 is 0 Å². The number of aliphatic imine (C=N–C) groups is 1. The Morgan fingerprint density at radius 3 is 1.83 bits per heavy atom. The summed E-state index contributed by atoms with van der Waals surface area (Å²) in [5, 5.41) is 0.713. The summed E-state index contributed by atoms with van der Waals surface area (Å²) in [6.45, 7) is 1.79. The average Bonchev–Trinajstić information content (AvgIpc) is 1.38. The molecule has 3 heteroatoms. The zero-order chi connectivity index (χ0) is 4.28. The predicted octanol–water partition coefficient (Wildman–Crippen LogP) is -2.41. The first-order chi connectivity index (χ1) is 2.27. The maximum absolute atomic E-state index is 4.53. The molecule has 0 spiro atoms. The largest absolute Gasteiger partial charge is 1.00 e. The third-order valence-corrected chi connectivity index (χ3v) is 0.497. The van der Waals surface area contributed by atoms with Gasteiger partial charge in [-0.2, -0.15) is 0 Å². The van der Waals surface area contributed by atoms with Crippen molar-refractivity contribution in [1.82, 2.24) is 0 Å². The number of rotatable bonds is 0. The van der Waals surface area contributed by atoms with E-state index in [1.807, 2.05) is 0 Å². The van der Waals surface area contributed by atoms with Crippen LogP contribution < -0.4 is 18.9 Å². The van der Waals surface area contributed by atoms with Crippen LogP contribution in [0.4, 0.5) is 0 Å². The quantitative estimate of drug-likeness (QED) is 0.141. The van der Waals surface area contributed by atoms with Crippen LogP contribution in [0.1, 0.15) is 6.92 Å². The van der Waals surface area contributed by atoms with Gasteiger partial charge in [0.05, 0.1) is 0 Å². The molecule has 0 bridgehead atoms. The number of hydrogen-bond acceptors (Lipinski definition) is 2. The Labute approximate surface area is 55.8 Å². The van der Waals surface area contributed by atoms with E-state index in [9.17, 15) is 0 Å². The monoisotopic (exact) mass is 95.0 g/mol. The molecule has 0 radical (unpaired) electrons. The zero-order valence-electron chi connectivity index (χ0n) is 4.36. The Morgan fingerprint density at radius 2 is 1.83 bits per heavy atom. The summed E-state index contributed by atoms with van der Waals surface area (Å²) < 4.78 is 0. The molecule has 0 atom stereocenters. The third-order valence-electron chi connectivity index (χ3n) is 0.315. The summed E-state index contributed by atoms with van der Waals surface area (Å²) in [7, 11) is 1.68. The van der Waals surface area contributed by atoms with Crippen LogP contribution in [0, 0.1) is 0 Å². The van der Waals surface area contributed by atoms with E-state index in [4.69, 9.17) is 0 Å². The van der Waals surface area contributed by atoms with Crippen LogP contribution in [0.3, 0.4) is 0 Å². The van der Waals surface area contributed by atoms with Gasteiger partial charge in [0.15, 0.2) is 0 Å². The van der Waals surface area contributed by atoms with E-state index in [2.05, 4.69) is 17.6 Å². The van der Waals surface area contributed by atoms with Crippen LogP contribution in [0.25, 0.3) is 0 Å². The average molecular weight is 95.1 g/mol. The molecule has 0 saturated carbocycles. The second-order valence-corrected chi connectivity index (χ2v) is 1.33. The fourth-order valence-electron chi connectivity index (χ4n) is 0. The molecule has 0 aliphatic rings. The molecule has 0 unspecified atom stereocenters. The second kappa shape index (κ2) is 5.49. The standard InChI is InChI=1S/C3H7NS.Li/c1-3(5)4-2;/h1-2H3,(H,4,5);/q;+1/p-1. The minimum atomic E-state index is 0. The summed E-state index contributed by atoms with van der Waals surface area (Å²) in [4.78, 5) is 3.62. The number of nitrogens with zero attached hydrogens (tertiary/aromatic N) is 1. The molecular weight excluding hydrogens is 89.0 g/mol. The Kier molecular flexibility index (Phi) is 8.87. The Balaban J connectivity index is 0. The first-order valence-electron chi connectivity index (χ1n) is 1.37. The van der Waals surface area contributed by atoms with Crippen molar-refractivity contribution in [3.05, 3.63) is 0 Å². The molecule has 0 fully saturated rings. The van der Waals surface area contributed by atoms with Crippen LogP contribution in [-0.2, 0) is 12.6 Å². The van der Waals surface area contributed by atoms with Crippen molar-refractivity contribution in [2.75, 3.05) is 7.05 Å². The fraction of sp³-hybridized carbons (Fsp3) is 0.667. The van der Waals surface area contributed by atoms with Crippen molar-refractivity contribution in [1.29, 1.82) is 0 Å². The first kappa shape index (κ1) is 9.70. The van der Waals surface area contributed by atoms with Gasteiger partial charge in [0, 0.05) is 7.05 Å². The minimum Gasteiger partial charge on any atom is -0.765 e. The van der Waals surface area contributed by atoms with Gasteiger partial charge in [0.1, 0.15) is 0 Å². The van der Waals surface area contributed by atoms with Crippen molar-refractivity contribution >= 4 is 17.7 Å². The van der Waals surface area contributed by atoms with Crippen LogP contribution in [0.2, 0.25) is 0 Å². The van der Waals surface area contributed by atoms with Gasteiger partial charge in [-0.3, -0.25) is 0 Å². The SMILES string of the molecule is CN=C(C)[S-].[Li+]. The Hall–Kier alpha value is 0.487. The van der Waals surface area contributed by atoms with Crippen LogP contribution in [-0.4, -0.2) is 12.1 Å². The van der Waals surface area contributed by atoms with Crippen molar-refractivity contribution < 1.29 is 18.9 Å². The van der Waals surface area contributed by atoms with Crippen molar-refractivity contribution in [3.8, 4) is 0 Å². The molecule has 0 aromatic heterocycles. The minimum absolute atomic E-state index is 0. The molecule has 0 saturated heterocycles. The van der Waals surface area contributed by atoms with E-state index >= 15 is 0 Å². The van der Waals surface area contributed by atoms with E-state index in [1.165, 1.54) is 0 Å². The third kappa shape index (κ3) is 8.82. The van der Waals surface area contributed by atoms with Crippen molar-refractivity contribution in [2.24, 2.45) is 4.99 Å². The molecule has 0 aliphatic carbocycles. The van der Waals surface area contributed by atoms with Gasteiger partial charge in [-0.15, -0.1) is 5.04 Å². The molecule has 0 aromatic rings. The zero-order valence-corrected chi connectivity index (χ0v) is 5.17. The molecule has 30 valence electrons. The van der Waals surface area contributed by atoms with E-state index in [-0.39, 0.29) is 18.9 Å².